The molecule has 2 aliphatic rings. The van der Waals surface area contributed by atoms with Gasteiger partial charge >= 0.3 is 0 Å². The number of aliphatic hydroxyl groups is 2. The van der Waals surface area contributed by atoms with E-state index < -0.39 is 36.1 Å². The van der Waals surface area contributed by atoms with E-state index in [0.29, 0.717) is 16.7 Å². The molecule has 0 fully saturated rings. The molecule has 8 N–H and O–H groups in total. The lowest BCUT2D eigenvalue weighted by molar-refractivity contribution is 0.00188. The number of aromatic hydroxyl groups is 6. The average molecular weight is 547 g/mol. The summed E-state index contributed by atoms with van der Waals surface area (Å²) in [6.07, 6.45) is -4.53. The molecule has 40 heavy (non-hydrogen) atoms. The van der Waals surface area contributed by atoms with Crippen LogP contribution in [-0.4, -0.2) is 53.1 Å². The number of phenols is 6. The summed E-state index contributed by atoms with van der Waals surface area (Å²) >= 11 is 0. The third-order valence-electron chi connectivity index (χ3n) is 7.48. The Bertz CT molecular complexity index is 1600. The van der Waals surface area contributed by atoms with Gasteiger partial charge in [0.05, 0.1) is 6.10 Å². The fourth-order valence-electron chi connectivity index (χ4n) is 5.55. The van der Waals surface area contributed by atoms with E-state index in [2.05, 4.69) is 0 Å². The first-order valence-electron chi connectivity index (χ1n) is 12.5. The van der Waals surface area contributed by atoms with Gasteiger partial charge in [0.15, 0.2) is 17.6 Å². The first-order chi connectivity index (χ1) is 19.1. The van der Waals surface area contributed by atoms with Gasteiger partial charge in [-0.05, 0) is 41.5 Å². The predicted octanol–water partition coefficient (Wildman–Crippen LogP) is 3.58. The van der Waals surface area contributed by atoms with E-state index in [1.807, 2.05) is 0 Å². The average Bonchev–Trinajstić information content (AvgIpc) is 2.92. The van der Waals surface area contributed by atoms with E-state index in [9.17, 15) is 40.9 Å². The molecule has 0 saturated carbocycles. The lowest BCUT2D eigenvalue weighted by Crippen LogP contribution is -2.36. The Morgan fingerprint density at radius 2 is 1.30 bits per heavy atom. The van der Waals surface area contributed by atoms with Crippen molar-refractivity contribution in [1.82, 2.24) is 0 Å². The van der Waals surface area contributed by atoms with Gasteiger partial charge in [-0.3, -0.25) is 0 Å². The minimum absolute atomic E-state index is 0.0296. The Balaban J connectivity index is 1.53. The van der Waals surface area contributed by atoms with Crippen molar-refractivity contribution in [3.63, 3.8) is 0 Å². The second kappa shape index (κ2) is 9.44. The van der Waals surface area contributed by atoms with Gasteiger partial charge in [-0.15, -0.1) is 0 Å². The van der Waals surface area contributed by atoms with Crippen molar-refractivity contribution in [1.29, 1.82) is 0 Å². The third-order valence-corrected chi connectivity index (χ3v) is 7.48. The molecule has 6 rings (SSSR count). The maximum absolute atomic E-state index is 11.7. The molecular weight excluding hydrogens is 520 g/mol. The van der Waals surface area contributed by atoms with E-state index in [1.54, 1.807) is 12.1 Å². The summed E-state index contributed by atoms with van der Waals surface area (Å²) in [5.74, 6) is -2.30. The van der Waals surface area contributed by atoms with Crippen LogP contribution in [0.15, 0.2) is 66.7 Å². The number of aliphatic hydroxyl groups excluding tert-OH is 2. The van der Waals surface area contributed by atoms with Gasteiger partial charge in [0.2, 0.25) is 0 Å². The highest BCUT2D eigenvalue weighted by atomic mass is 16.5. The van der Waals surface area contributed by atoms with Gasteiger partial charge in [0.1, 0.15) is 46.7 Å². The van der Waals surface area contributed by atoms with Crippen molar-refractivity contribution >= 4 is 0 Å². The van der Waals surface area contributed by atoms with Crippen molar-refractivity contribution in [3.05, 3.63) is 94.5 Å². The molecule has 10 nitrogen and oxygen atoms in total. The normalized spacial score (nSPS) is 23.4. The topological polar surface area (TPSA) is 180 Å². The zero-order valence-electron chi connectivity index (χ0n) is 20.8. The summed E-state index contributed by atoms with van der Waals surface area (Å²) < 4.78 is 12.3. The number of rotatable bonds is 3. The summed E-state index contributed by atoms with van der Waals surface area (Å²) in [5, 5.41) is 84.3. The minimum Gasteiger partial charge on any atom is -0.508 e. The Hall–Kier alpha value is -4.80. The fourth-order valence-corrected chi connectivity index (χ4v) is 5.55. The fraction of sp³-hybridized carbons (Fsp3) is 0.200. The van der Waals surface area contributed by atoms with Crippen LogP contribution in [0.5, 0.6) is 46.0 Å². The summed E-state index contributed by atoms with van der Waals surface area (Å²) in [7, 11) is 0. The number of hydrogen-bond donors (Lipinski definition) is 8. The highest BCUT2D eigenvalue weighted by Crippen LogP contribution is 2.55. The molecule has 0 amide bonds. The summed E-state index contributed by atoms with van der Waals surface area (Å²) in [5.41, 5.74) is 1.61. The van der Waals surface area contributed by atoms with Crippen LogP contribution in [0.3, 0.4) is 0 Å². The smallest absolute Gasteiger partial charge is 0.157 e. The van der Waals surface area contributed by atoms with Crippen molar-refractivity contribution < 1.29 is 50.3 Å². The zero-order valence-corrected chi connectivity index (χ0v) is 20.8. The summed E-state index contributed by atoms with van der Waals surface area (Å²) in [6, 6.07) is 15.5. The maximum atomic E-state index is 11.7. The van der Waals surface area contributed by atoms with Gasteiger partial charge < -0.3 is 50.3 Å². The quantitative estimate of drug-likeness (QED) is 0.177. The van der Waals surface area contributed by atoms with Crippen LogP contribution in [0.4, 0.5) is 0 Å². The van der Waals surface area contributed by atoms with Crippen LogP contribution >= 0.6 is 0 Å². The Morgan fingerprint density at radius 3 is 2.02 bits per heavy atom. The molecule has 0 aromatic heterocycles. The Kier molecular flexibility index (Phi) is 6.01. The molecule has 0 radical (unpaired) electrons. The first-order valence-corrected chi connectivity index (χ1v) is 12.5. The molecule has 2 heterocycles. The van der Waals surface area contributed by atoms with E-state index in [1.165, 1.54) is 48.5 Å². The summed E-state index contributed by atoms with van der Waals surface area (Å²) in [4.78, 5) is 0. The highest BCUT2D eigenvalue weighted by Gasteiger charge is 2.44. The van der Waals surface area contributed by atoms with Gasteiger partial charge in [-0.1, -0.05) is 24.3 Å². The monoisotopic (exact) mass is 546 g/mol. The highest BCUT2D eigenvalue weighted by molar-refractivity contribution is 5.63. The van der Waals surface area contributed by atoms with Crippen molar-refractivity contribution in [2.24, 2.45) is 0 Å². The predicted molar refractivity (Wildman–Crippen MR) is 140 cm³/mol. The van der Waals surface area contributed by atoms with Crippen molar-refractivity contribution in [3.8, 4) is 46.0 Å². The number of benzene rings is 4. The molecular formula is C30H26O10. The second-order valence-corrected chi connectivity index (χ2v) is 10.0. The number of hydrogen-bond acceptors (Lipinski definition) is 10. The van der Waals surface area contributed by atoms with Gasteiger partial charge in [-0.25, -0.2) is 0 Å². The van der Waals surface area contributed by atoms with Gasteiger partial charge in [0.25, 0.3) is 0 Å². The van der Waals surface area contributed by atoms with Crippen LogP contribution in [0, 0.1) is 0 Å². The molecule has 5 atom stereocenters. The van der Waals surface area contributed by atoms with Crippen LogP contribution in [-0.2, 0) is 6.42 Å². The maximum Gasteiger partial charge on any atom is 0.157 e. The number of ether oxygens (including phenoxy) is 2. The van der Waals surface area contributed by atoms with E-state index in [0.717, 1.165) is 6.07 Å². The minimum atomic E-state index is -1.39. The van der Waals surface area contributed by atoms with Crippen LogP contribution in [0.1, 0.15) is 45.9 Å². The third kappa shape index (κ3) is 4.14. The van der Waals surface area contributed by atoms with E-state index in [-0.39, 0.29) is 57.8 Å². The molecule has 0 spiro atoms. The molecule has 4 aromatic carbocycles. The molecule has 0 saturated heterocycles. The van der Waals surface area contributed by atoms with Gasteiger partial charge in [-0.2, -0.15) is 0 Å². The van der Waals surface area contributed by atoms with Crippen molar-refractivity contribution in [2.45, 2.75) is 36.8 Å². The SMILES string of the molecule is Oc1ccc([C@H]2Oc3c(c(O)cc(O)c3[C@@H]3c4ccc(O)cc4O[C@H](c4ccc(O)c(O)c4)[C@H]3O)C[C@@H]2O)cc1. The molecule has 10 heteroatoms. The largest absolute Gasteiger partial charge is 0.508 e. The van der Waals surface area contributed by atoms with Gasteiger partial charge in [0, 0.05) is 41.2 Å². The standard InChI is InChI=1S/C30H26O10/c31-15-4-1-13(2-5-15)28-23(37)11-18-20(34)12-22(36)26(30(18)40-28)25-17-7-6-16(32)10-24(17)39-29(27(25)38)14-3-8-19(33)21(35)9-14/h1-10,12,23,25,27-29,31-38H,11H2/t23-,25-,27-,28+,29+/m0/s1. The molecule has 0 unspecified atom stereocenters. The first kappa shape index (κ1) is 25.5. The van der Waals surface area contributed by atoms with E-state index >= 15 is 0 Å². The molecule has 4 aromatic rings. The molecule has 0 bridgehead atoms. The zero-order chi connectivity index (χ0) is 28.3. The Morgan fingerprint density at radius 1 is 0.600 bits per heavy atom. The molecule has 2 aliphatic heterocycles. The number of fused-ring (bicyclic) bond motifs is 2. The van der Waals surface area contributed by atoms with Crippen LogP contribution < -0.4 is 9.47 Å². The lowest BCUT2D eigenvalue weighted by Gasteiger charge is -2.40. The van der Waals surface area contributed by atoms with Crippen LogP contribution in [0.2, 0.25) is 0 Å². The second-order valence-electron chi connectivity index (χ2n) is 10.0. The Labute approximate surface area is 227 Å². The van der Waals surface area contributed by atoms with Crippen molar-refractivity contribution in [2.75, 3.05) is 0 Å². The lowest BCUT2D eigenvalue weighted by atomic mass is 9.78. The van der Waals surface area contributed by atoms with E-state index in [4.69, 9.17) is 9.47 Å². The molecule has 0 aliphatic carbocycles. The summed E-state index contributed by atoms with van der Waals surface area (Å²) in [6.45, 7) is 0. The number of phenolic OH excluding ortho intramolecular Hbond substituents is 6. The van der Waals surface area contributed by atoms with Crippen LogP contribution in [0.25, 0.3) is 0 Å². The molecule has 206 valence electrons.